The van der Waals surface area contributed by atoms with Gasteiger partial charge in [-0.2, -0.15) is 0 Å². The summed E-state index contributed by atoms with van der Waals surface area (Å²) in [5.74, 6) is -0.137. The predicted molar refractivity (Wildman–Crippen MR) is 71.2 cm³/mol. The number of ether oxygens (including phenoxy) is 1. The Morgan fingerprint density at radius 1 is 1.44 bits per heavy atom. The van der Waals surface area contributed by atoms with Crippen LogP contribution in [0.15, 0.2) is 24.3 Å². The van der Waals surface area contributed by atoms with Crippen LogP contribution in [0.4, 0.5) is 0 Å². The zero-order valence-corrected chi connectivity index (χ0v) is 11.0. The summed E-state index contributed by atoms with van der Waals surface area (Å²) in [5.41, 5.74) is 1.86. The molecule has 0 saturated heterocycles. The van der Waals surface area contributed by atoms with E-state index in [0.717, 1.165) is 11.1 Å². The van der Waals surface area contributed by atoms with Crippen molar-refractivity contribution in [2.24, 2.45) is 0 Å². The van der Waals surface area contributed by atoms with Crippen molar-refractivity contribution in [1.29, 1.82) is 0 Å². The molecular formula is C14H19NO3. The van der Waals surface area contributed by atoms with Crippen molar-refractivity contribution in [3.8, 4) is 5.75 Å². The Hall–Kier alpha value is -1.81. The van der Waals surface area contributed by atoms with Crippen molar-refractivity contribution in [3.05, 3.63) is 35.4 Å². The van der Waals surface area contributed by atoms with E-state index < -0.39 is 0 Å². The van der Waals surface area contributed by atoms with Crippen molar-refractivity contribution in [2.75, 3.05) is 20.7 Å². The fourth-order valence-corrected chi connectivity index (χ4v) is 1.58. The van der Waals surface area contributed by atoms with E-state index in [2.05, 4.69) is 0 Å². The van der Waals surface area contributed by atoms with Crippen LogP contribution in [0, 0.1) is 0 Å². The average molecular weight is 249 g/mol. The third-order valence-electron chi connectivity index (χ3n) is 2.30. The van der Waals surface area contributed by atoms with Gasteiger partial charge in [-0.05, 0) is 50.4 Å². The maximum atomic E-state index is 11.2. The molecule has 4 heteroatoms. The number of rotatable bonds is 5. The molecule has 0 unspecified atom stereocenters. The first-order valence-corrected chi connectivity index (χ1v) is 5.84. The molecule has 1 aromatic carbocycles. The zero-order chi connectivity index (χ0) is 13.5. The first-order chi connectivity index (χ1) is 8.52. The number of esters is 1. The molecule has 18 heavy (non-hydrogen) atoms. The predicted octanol–water partition coefficient (Wildman–Crippen LogP) is 2.03. The molecule has 0 fully saturated rings. The van der Waals surface area contributed by atoms with E-state index in [0.29, 0.717) is 13.2 Å². The Bertz CT molecular complexity index is 439. The smallest absolute Gasteiger partial charge is 0.330 e. The largest absolute Gasteiger partial charge is 0.508 e. The van der Waals surface area contributed by atoms with E-state index in [9.17, 15) is 9.90 Å². The second-order valence-electron chi connectivity index (χ2n) is 4.21. The molecule has 0 bridgehead atoms. The average Bonchev–Trinajstić information content (AvgIpc) is 2.27. The number of hydrogen-bond acceptors (Lipinski definition) is 4. The minimum atomic E-state index is -0.360. The molecule has 4 nitrogen and oxygen atoms in total. The van der Waals surface area contributed by atoms with E-state index in [4.69, 9.17) is 4.74 Å². The molecule has 0 aliphatic carbocycles. The zero-order valence-electron chi connectivity index (χ0n) is 11.0. The Kier molecular flexibility index (Phi) is 5.39. The van der Waals surface area contributed by atoms with Gasteiger partial charge in [0.1, 0.15) is 5.75 Å². The Morgan fingerprint density at radius 3 is 2.78 bits per heavy atom. The van der Waals surface area contributed by atoms with Crippen molar-refractivity contribution in [1.82, 2.24) is 4.90 Å². The number of phenolic OH excluding ortho intramolecular Hbond substituents is 1. The van der Waals surface area contributed by atoms with Crippen LogP contribution in [0.25, 0.3) is 6.08 Å². The van der Waals surface area contributed by atoms with Crippen molar-refractivity contribution < 1.29 is 14.6 Å². The maximum Gasteiger partial charge on any atom is 0.330 e. The van der Waals surface area contributed by atoms with Crippen LogP contribution in [0.1, 0.15) is 18.1 Å². The molecule has 0 aromatic heterocycles. The third kappa shape index (κ3) is 4.59. The lowest BCUT2D eigenvalue weighted by Gasteiger charge is -2.12. The molecule has 98 valence electrons. The molecule has 0 spiro atoms. The van der Waals surface area contributed by atoms with E-state index >= 15 is 0 Å². The minimum Gasteiger partial charge on any atom is -0.508 e. The minimum absolute atomic E-state index is 0.222. The van der Waals surface area contributed by atoms with Gasteiger partial charge in [0, 0.05) is 12.6 Å². The highest BCUT2D eigenvalue weighted by atomic mass is 16.5. The van der Waals surface area contributed by atoms with Crippen molar-refractivity contribution >= 4 is 12.0 Å². The van der Waals surface area contributed by atoms with E-state index in [-0.39, 0.29) is 11.7 Å². The lowest BCUT2D eigenvalue weighted by molar-refractivity contribution is -0.137. The van der Waals surface area contributed by atoms with Crippen molar-refractivity contribution in [2.45, 2.75) is 13.5 Å². The molecule has 1 N–H and O–H groups in total. The lowest BCUT2D eigenvalue weighted by Crippen LogP contribution is -2.11. The first-order valence-electron chi connectivity index (χ1n) is 5.84. The van der Waals surface area contributed by atoms with Gasteiger partial charge in [-0.15, -0.1) is 0 Å². The highest BCUT2D eigenvalue weighted by molar-refractivity contribution is 5.87. The quantitative estimate of drug-likeness (QED) is 0.641. The standard InChI is InChI=1S/C14H19NO3/c1-4-18-14(17)8-6-11-5-7-13(16)9-12(11)10-15(2)3/h5-9,16H,4,10H2,1-3H3. The second kappa shape index (κ2) is 6.81. The highest BCUT2D eigenvalue weighted by Crippen LogP contribution is 2.19. The van der Waals surface area contributed by atoms with Crippen molar-refractivity contribution in [3.63, 3.8) is 0 Å². The number of carbonyl (C=O) groups is 1. The van der Waals surface area contributed by atoms with Gasteiger partial charge in [0.05, 0.1) is 6.61 Å². The first kappa shape index (κ1) is 14.3. The molecule has 0 aliphatic rings. The molecule has 0 heterocycles. The summed E-state index contributed by atoms with van der Waals surface area (Å²) in [6.07, 6.45) is 3.10. The Morgan fingerprint density at radius 2 is 2.17 bits per heavy atom. The van der Waals surface area contributed by atoms with Gasteiger partial charge in [0.2, 0.25) is 0 Å². The van der Waals surface area contributed by atoms with E-state index in [1.807, 2.05) is 19.0 Å². The van der Waals surface area contributed by atoms with E-state index in [1.165, 1.54) is 6.08 Å². The summed E-state index contributed by atoms with van der Waals surface area (Å²) in [7, 11) is 3.89. The summed E-state index contributed by atoms with van der Waals surface area (Å²) in [5, 5.41) is 9.48. The van der Waals surface area contributed by atoms with Crippen LogP contribution >= 0.6 is 0 Å². The van der Waals surface area contributed by atoms with Gasteiger partial charge < -0.3 is 14.7 Å². The third-order valence-corrected chi connectivity index (χ3v) is 2.30. The van der Waals surface area contributed by atoms with Crippen LogP contribution in [0.3, 0.4) is 0 Å². The molecule has 0 radical (unpaired) electrons. The molecule has 1 aromatic rings. The van der Waals surface area contributed by atoms with E-state index in [1.54, 1.807) is 31.2 Å². The second-order valence-corrected chi connectivity index (χ2v) is 4.21. The number of nitrogens with zero attached hydrogens (tertiary/aromatic N) is 1. The molecule has 0 saturated carbocycles. The molecular weight excluding hydrogens is 230 g/mol. The summed E-state index contributed by atoms with van der Waals surface area (Å²) < 4.78 is 4.82. The van der Waals surface area contributed by atoms with Crippen LogP contribution in [-0.2, 0) is 16.1 Å². The highest BCUT2D eigenvalue weighted by Gasteiger charge is 2.03. The molecule has 0 atom stereocenters. The fraction of sp³-hybridized carbons (Fsp3) is 0.357. The summed E-state index contributed by atoms with van der Waals surface area (Å²) in [6, 6.07) is 5.08. The maximum absolute atomic E-state index is 11.2. The fourth-order valence-electron chi connectivity index (χ4n) is 1.58. The normalized spacial score (nSPS) is 11.1. The number of carbonyl (C=O) groups excluding carboxylic acids is 1. The number of benzene rings is 1. The number of phenols is 1. The number of hydrogen-bond donors (Lipinski definition) is 1. The van der Waals surface area contributed by atoms with Gasteiger partial charge in [-0.3, -0.25) is 0 Å². The van der Waals surface area contributed by atoms with Crippen LogP contribution in [-0.4, -0.2) is 36.7 Å². The summed E-state index contributed by atoms with van der Waals surface area (Å²) >= 11 is 0. The monoisotopic (exact) mass is 249 g/mol. The lowest BCUT2D eigenvalue weighted by atomic mass is 10.1. The summed E-state index contributed by atoms with van der Waals surface area (Å²) in [6.45, 7) is 2.82. The van der Waals surface area contributed by atoms with Gasteiger partial charge in [-0.25, -0.2) is 4.79 Å². The van der Waals surface area contributed by atoms with Gasteiger partial charge >= 0.3 is 5.97 Å². The van der Waals surface area contributed by atoms with Crippen LogP contribution in [0.2, 0.25) is 0 Å². The molecule has 0 aliphatic heterocycles. The van der Waals surface area contributed by atoms with Gasteiger partial charge in [0.25, 0.3) is 0 Å². The summed E-state index contributed by atoms with van der Waals surface area (Å²) in [4.78, 5) is 13.2. The Labute approximate surface area is 107 Å². The van der Waals surface area contributed by atoms with Crippen LogP contribution < -0.4 is 0 Å². The van der Waals surface area contributed by atoms with Gasteiger partial charge in [0.15, 0.2) is 0 Å². The Balaban J connectivity index is 2.90. The SMILES string of the molecule is CCOC(=O)C=Cc1ccc(O)cc1CN(C)C. The molecule has 0 amide bonds. The topological polar surface area (TPSA) is 49.8 Å². The molecule has 1 rings (SSSR count). The van der Waals surface area contributed by atoms with Gasteiger partial charge in [-0.1, -0.05) is 6.07 Å². The van der Waals surface area contributed by atoms with Crippen LogP contribution in [0.5, 0.6) is 5.75 Å². The number of aromatic hydroxyl groups is 1.